The molecular formula is C24H28N4O4. The Labute approximate surface area is 187 Å². The van der Waals surface area contributed by atoms with E-state index >= 15 is 0 Å². The minimum atomic E-state index is -0.0600. The standard InChI is InChI=1S/C24H28N4O4/c1-16-5-4-6-18(13-16)23-26-24(32-27-23)17-9-11-28(12-10-17)15-22(29)25-19-7-8-20(30-2)21(14-19)31-3/h4-8,13-14,17H,9-12,15H2,1-3H3,(H,25,29). The molecule has 0 bridgehead atoms. The molecule has 0 saturated carbocycles. The summed E-state index contributed by atoms with van der Waals surface area (Å²) in [6.07, 6.45) is 1.75. The van der Waals surface area contributed by atoms with Gasteiger partial charge in [0.1, 0.15) is 0 Å². The van der Waals surface area contributed by atoms with E-state index in [-0.39, 0.29) is 11.8 Å². The van der Waals surface area contributed by atoms with Crippen LogP contribution in [0.3, 0.4) is 0 Å². The molecule has 0 spiro atoms. The minimum Gasteiger partial charge on any atom is -0.493 e. The molecule has 1 aliphatic rings. The Bertz CT molecular complexity index is 1070. The van der Waals surface area contributed by atoms with Crippen LogP contribution in [0.2, 0.25) is 0 Å². The zero-order valence-electron chi connectivity index (χ0n) is 18.6. The van der Waals surface area contributed by atoms with Crippen molar-refractivity contribution in [3.63, 3.8) is 0 Å². The lowest BCUT2D eigenvalue weighted by molar-refractivity contribution is -0.117. The first-order valence-electron chi connectivity index (χ1n) is 10.7. The van der Waals surface area contributed by atoms with E-state index < -0.39 is 0 Å². The molecule has 1 aliphatic heterocycles. The van der Waals surface area contributed by atoms with Crippen molar-refractivity contribution in [2.75, 3.05) is 39.2 Å². The zero-order chi connectivity index (χ0) is 22.5. The zero-order valence-corrected chi connectivity index (χ0v) is 18.6. The van der Waals surface area contributed by atoms with E-state index in [4.69, 9.17) is 14.0 Å². The van der Waals surface area contributed by atoms with Gasteiger partial charge in [-0.2, -0.15) is 4.98 Å². The van der Waals surface area contributed by atoms with Gasteiger partial charge in [-0.1, -0.05) is 28.9 Å². The van der Waals surface area contributed by atoms with Crippen LogP contribution in [0.25, 0.3) is 11.4 Å². The Morgan fingerprint density at radius 3 is 2.62 bits per heavy atom. The normalized spacial score (nSPS) is 14.8. The summed E-state index contributed by atoms with van der Waals surface area (Å²) in [7, 11) is 3.15. The summed E-state index contributed by atoms with van der Waals surface area (Å²) >= 11 is 0. The van der Waals surface area contributed by atoms with Crippen molar-refractivity contribution < 1.29 is 18.8 Å². The van der Waals surface area contributed by atoms with Gasteiger partial charge in [-0.25, -0.2) is 0 Å². The fourth-order valence-electron chi connectivity index (χ4n) is 3.96. The number of anilines is 1. The summed E-state index contributed by atoms with van der Waals surface area (Å²) in [6, 6.07) is 13.4. The van der Waals surface area contributed by atoms with Gasteiger partial charge >= 0.3 is 0 Å². The number of hydrogen-bond acceptors (Lipinski definition) is 7. The molecule has 1 amide bonds. The lowest BCUT2D eigenvalue weighted by atomic mass is 9.97. The summed E-state index contributed by atoms with van der Waals surface area (Å²) in [4.78, 5) is 19.3. The number of amides is 1. The van der Waals surface area contributed by atoms with Gasteiger partial charge < -0.3 is 19.3 Å². The van der Waals surface area contributed by atoms with E-state index in [0.29, 0.717) is 35.4 Å². The molecule has 0 radical (unpaired) electrons. The van der Waals surface area contributed by atoms with Crippen LogP contribution in [0, 0.1) is 6.92 Å². The monoisotopic (exact) mass is 436 g/mol. The van der Waals surface area contributed by atoms with E-state index in [1.807, 2.05) is 31.2 Å². The second kappa shape index (κ2) is 9.82. The fourth-order valence-corrected chi connectivity index (χ4v) is 3.96. The number of likely N-dealkylation sites (tertiary alicyclic amines) is 1. The molecule has 8 heteroatoms. The first-order chi connectivity index (χ1) is 15.6. The molecule has 1 aromatic heterocycles. The van der Waals surface area contributed by atoms with E-state index in [1.165, 1.54) is 0 Å². The van der Waals surface area contributed by atoms with Crippen LogP contribution in [-0.2, 0) is 4.79 Å². The number of hydrogen-bond donors (Lipinski definition) is 1. The molecular weight excluding hydrogens is 408 g/mol. The molecule has 1 fully saturated rings. The molecule has 0 unspecified atom stereocenters. The van der Waals surface area contributed by atoms with Crippen molar-refractivity contribution in [2.45, 2.75) is 25.7 Å². The Morgan fingerprint density at radius 2 is 1.91 bits per heavy atom. The molecule has 2 heterocycles. The van der Waals surface area contributed by atoms with Gasteiger partial charge in [-0.05, 0) is 51.1 Å². The molecule has 168 valence electrons. The van der Waals surface area contributed by atoms with Gasteiger partial charge in [0, 0.05) is 23.2 Å². The molecule has 1 N–H and O–H groups in total. The van der Waals surface area contributed by atoms with Gasteiger partial charge in [0.2, 0.25) is 17.6 Å². The van der Waals surface area contributed by atoms with E-state index in [1.54, 1.807) is 32.4 Å². The number of rotatable bonds is 7. The van der Waals surface area contributed by atoms with Crippen LogP contribution in [0.1, 0.15) is 30.2 Å². The highest BCUT2D eigenvalue weighted by Gasteiger charge is 2.26. The van der Waals surface area contributed by atoms with Gasteiger partial charge in [-0.3, -0.25) is 9.69 Å². The molecule has 0 aliphatic carbocycles. The van der Waals surface area contributed by atoms with Crippen LogP contribution in [0.15, 0.2) is 47.0 Å². The minimum absolute atomic E-state index is 0.0600. The highest BCUT2D eigenvalue weighted by Crippen LogP contribution is 2.30. The number of piperidine rings is 1. The van der Waals surface area contributed by atoms with Gasteiger partial charge in [0.05, 0.1) is 20.8 Å². The summed E-state index contributed by atoms with van der Waals surface area (Å²) < 4.78 is 16.1. The topological polar surface area (TPSA) is 89.7 Å². The first kappa shape index (κ1) is 21.8. The number of carbonyl (C=O) groups excluding carboxylic acids is 1. The van der Waals surface area contributed by atoms with Gasteiger partial charge in [0.25, 0.3) is 0 Å². The third kappa shape index (κ3) is 5.08. The van der Waals surface area contributed by atoms with Crippen LogP contribution in [-0.4, -0.2) is 54.8 Å². The average molecular weight is 437 g/mol. The molecule has 1 saturated heterocycles. The third-order valence-corrected chi connectivity index (χ3v) is 5.69. The number of aryl methyl sites for hydroxylation is 1. The predicted molar refractivity (Wildman–Crippen MR) is 121 cm³/mol. The Hall–Kier alpha value is -3.39. The van der Waals surface area contributed by atoms with Crippen molar-refractivity contribution >= 4 is 11.6 Å². The molecule has 2 aromatic carbocycles. The number of carbonyl (C=O) groups is 1. The Balaban J connectivity index is 1.29. The molecule has 0 atom stereocenters. The van der Waals surface area contributed by atoms with Crippen molar-refractivity contribution in [1.29, 1.82) is 0 Å². The summed E-state index contributed by atoms with van der Waals surface area (Å²) in [5.41, 5.74) is 2.80. The predicted octanol–water partition coefficient (Wildman–Crippen LogP) is 3.88. The molecule has 3 aromatic rings. The Kier molecular flexibility index (Phi) is 6.70. The number of aromatic nitrogens is 2. The van der Waals surface area contributed by atoms with Crippen molar-refractivity contribution in [3.05, 3.63) is 53.9 Å². The van der Waals surface area contributed by atoms with Crippen LogP contribution < -0.4 is 14.8 Å². The Morgan fingerprint density at radius 1 is 1.12 bits per heavy atom. The highest BCUT2D eigenvalue weighted by atomic mass is 16.5. The average Bonchev–Trinajstić information content (AvgIpc) is 3.30. The highest BCUT2D eigenvalue weighted by molar-refractivity contribution is 5.92. The van der Waals surface area contributed by atoms with Crippen molar-refractivity contribution in [1.82, 2.24) is 15.0 Å². The molecule has 32 heavy (non-hydrogen) atoms. The van der Waals surface area contributed by atoms with E-state index in [9.17, 15) is 4.79 Å². The summed E-state index contributed by atoms with van der Waals surface area (Å²) in [5.74, 6) is 2.66. The second-order valence-corrected chi connectivity index (χ2v) is 7.99. The van der Waals surface area contributed by atoms with Gasteiger partial charge in [0.15, 0.2) is 11.5 Å². The maximum absolute atomic E-state index is 12.5. The summed E-state index contributed by atoms with van der Waals surface area (Å²) in [5, 5.41) is 7.09. The third-order valence-electron chi connectivity index (χ3n) is 5.69. The first-order valence-corrected chi connectivity index (χ1v) is 10.7. The van der Waals surface area contributed by atoms with Gasteiger partial charge in [-0.15, -0.1) is 0 Å². The maximum Gasteiger partial charge on any atom is 0.238 e. The van der Waals surface area contributed by atoms with Crippen molar-refractivity contribution in [2.24, 2.45) is 0 Å². The van der Waals surface area contributed by atoms with Crippen LogP contribution in [0.5, 0.6) is 11.5 Å². The number of nitrogens with zero attached hydrogens (tertiary/aromatic N) is 3. The number of methoxy groups -OCH3 is 2. The molecule has 4 rings (SSSR count). The van der Waals surface area contributed by atoms with E-state index in [0.717, 1.165) is 37.1 Å². The lowest BCUT2D eigenvalue weighted by Crippen LogP contribution is -2.38. The van der Waals surface area contributed by atoms with Crippen LogP contribution in [0.4, 0.5) is 5.69 Å². The number of benzene rings is 2. The van der Waals surface area contributed by atoms with Crippen molar-refractivity contribution in [3.8, 4) is 22.9 Å². The molecule has 8 nitrogen and oxygen atoms in total. The van der Waals surface area contributed by atoms with Crippen LogP contribution >= 0.6 is 0 Å². The summed E-state index contributed by atoms with van der Waals surface area (Å²) in [6.45, 7) is 3.97. The largest absolute Gasteiger partial charge is 0.493 e. The quantitative estimate of drug-likeness (QED) is 0.601. The smallest absolute Gasteiger partial charge is 0.238 e. The maximum atomic E-state index is 12.5. The fraction of sp³-hybridized carbons (Fsp3) is 0.375. The second-order valence-electron chi connectivity index (χ2n) is 7.99. The van der Waals surface area contributed by atoms with E-state index in [2.05, 4.69) is 20.4 Å². The number of nitrogens with one attached hydrogen (secondary N) is 1. The number of ether oxygens (including phenoxy) is 2. The lowest BCUT2D eigenvalue weighted by Gasteiger charge is -2.29. The SMILES string of the molecule is COc1ccc(NC(=O)CN2CCC(c3nc(-c4cccc(C)c4)no3)CC2)cc1OC.